The molecule has 1 saturated heterocycles. The number of hydrogen-bond acceptors (Lipinski definition) is 3. The van der Waals surface area contributed by atoms with Crippen LogP contribution in [-0.2, 0) is 9.59 Å². The topological polar surface area (TPSA) is 50.3 Å². The Balaban J connectivity index is 1.95. The molecule has 1 atom stereocenters. The molecule has 2 heterocycles. The summed E-state index contributed by atoms with van der Waals surface area (Å²) >= 11 is 3.25. The monoisotopic (exact) mass is 330 g/mol. The van der Waals surface area contributed by atoms with Crippen LogP contribution in [0.4, 0.5) is 5.82 Å². The SMILES string of the molecule is O=C1CC(c2ccccc2)C(=O)N1c1cccc(Br)n1. The van der Waals surface area contributed by atoms with Crippen LogP contribution >= 0.6 is 15.9 Å². The number of amides is 2. The summed E-state index contributed by atoms with van der Waals surface area (Å²) < 4.78 is 0.596. The molecule has 5 heteroatoms. The summed E-state index contributed by atoms with van der Waals surface area (Å²) in [5.74, 6) is -0.474. The summed E-state index contributed by atoms with van der Waals surface area (Å²) in [7, 11) is 0. The van der Waals surface area contributed by atoms with Gasteiger partial charge in [-0.05, 0) is 33.6 Å². The first-order valence-corrected chi connectivity index (χ1v) is 7.00. The van der Waals surface area contributed by atoms with Crippen molar-refractivity contribution < 1.29 is 9.59 Å². The number of benzene rings is 1. The molecular weight excluding hydrogens is 320 g/mol. The van der Waals surface area contributed by atoms with Gasteiger partial charge in [0.25, 0.3) is 0 Å². The molecule has 1 aliphatic rings. The third-order valence-corrected chi connectivity index (χ3v) is 3.72. The molecule has 100 valence electrons. The van der Waals surface area contributed by atoms with Gasteiger partial charge < -0.3 is 0 Å². The van der Waals surface area contributed by atoms with Gasteiger partial charge in [-0.2, -0.15) is 0 Å². The van der Waals surface area contributed by atoms with Crippen LogP contribution in [0.1, 0.15) is 17.9 Å². The first kappa shape index (κ1) is 13.0. The van der Waals surface area contributed by atoms with Gasteiger partial charge in [0.1, 0.15) is 10.4 Å². The summed E-state index contributed by atoms with van der Waals surface area (Å²) in [4.78, 5) is 30.0. The average molecular weight is 331 g/mol. The Hall–Kier alpha value is -2.01. The Morgan fingerprint density at radius 3 is 2.50 bits per heavy atom. The zero-order valence-electron chi connectivity index (χ0n) is 10.5. The van der Waals surface area contributed by atoms with E-state index >= 15 is 0 Å². The minimum Gasteiger partial charge on any atom is -0.274 e. The summed E-state index contributed by atoms with van der Waals surface area (Å²) in [6.45, 7) is 0. The molecule has 1 aromatic carbocycles. The number of hydrogen-bond donors (Lipinski definition) is 0. The third-order valence-electron chi connectivity index (χ3n) is 3.28. The molecular formula is C15H11BrN2O2. The second-order valence-corrected chi connectivity index (χ2v) is 5.37. The maximum atomic E-state index is 12.5. The number of aromatic nitrogens is 1. The summed E-state index contributed by atoms with van der Waals surface area (Å²) in [5.41, 5.74) is 0.864. The van der Waals surface area contributed by atoms with Crippen molar-refractivity contribution in [1.29, 1.82) is 0 Å². The minimum absolute atomic E-state index is 0.192. The van der Waals surface area contributed by atoms with E-state index in [9.17, 15) is 9.59 Å². The summed E-state index contributed by atoms with van der Waals surface area (Å²) in [6.07, 6.45) is 0.192. The van der Waals surface area contributed by atoms with Crippen LogP contribution in [0.5, 0.6) is 0 Å². The molecule has 1 fully saturated rings. The number of carbonyl (C=O) groups is 2. The normalized spacial score (nSPS) is 18.6. The highest BCUT2D eigenvalue weighted by Crippen LogP contribution is 2.32. The standard InChI is InChI=1S/C15H11BrN2O2/c16-12-7-4-8-13(17-12)18-14(19)9-11(15(18)20)10-5-2-1-3-6-10/h1-8,11H,9H2. The lowest BCUT2D eigenvalue weighted by Crippen LogP contribution is -2.30. The lowest BCUT2D eigenvalue weighted by molar-refractivity contribution is -0.121. The molecule has 4 nitrogen and oxygen atoms in total. The fourth-order valence-electron chi connectivity index (χ4n) is 2.34. The van der Waals surface area contributed by atoms with E-state index in [1.165, 1.54) is 4.90 Å². The fourth-order valence-corrected chi connectivity index (χ4v) is 2.67. The summed E-state index contributed by atoms with van der Waals surface area (Å²) in [6, 6.07) is 14.5. The van der Waals surface area contributed by atoms with E-state index in [0.717, 1.165) is 5.56 Å². The Labute approximate surface area is 124 Å². The third kappa shape index (κ3) is 2.25. The Morgan fingerprint density at radius 2 is 1.80 bits per heavy atom. The summed E-state index contributed by atoms with van der Waals surface area (Å²) in [5, 5.41) is 0. The lowest BCUT2D eigenvalue weighted by atomic mass is 9.98. The highest BCUT2D eigenvalue weighted by molar-refractivity contribution is 9.10. The van der Waals surface area contributed by atoms with Gasteiger partial charge in [0, 0.05) is 6.42 Å². The number of anilines is 1. The van der Waals surface area contributed by atoms with Crippen LogP contribution in [0, 0.1) is 0 Å². The predicted octanol–water partition coefficient (Wildman–Crippen LogP) is 2.89. The Bertz CT molecular complexity index is 673. The van der Waals surface area contributed by atoms with Crippen molar-refractivity contribution in [1.82, 2.24) is 4.98 Å². The molecule has 2 amide bonds. The van der Waals surface area contributed by atoms with E-state index in [4.69, 9.17) is 0 Å². The second-order valence-electron chi connectivity index (χ2n) is 4.55. The highest BCUT2D eigenvalue weighted by atomic mass is 79.9. The molecule has 0 aliphatic carbocycles. The molecule has 0 N–H and O–H groups in total. The lowest BCUT2D eigenvalue weighted by Gasteiger charge is -2.14. The van der Waals surface area contributed by atoms with Crippen LogP contribution in [0.25, 0.3) is 0 Å². The maximum absolute atomic E-state index is 12.5. The maximum Gasteiger partial charge on any atom is 0.243 e. The van der Waals surface area contributed by atoms with Crippen molar-refractivity contribution >= 4 is 33.6 Å². The van der Waals surface area contributed by atoms with Crippen LogP contribution < -0.4 is 4.90 Å². The number of rotatable bonds is 2. The number of nitrogens with zero attached hydrogens (tertiary/aromatic N) is 2. The van der Waals surface area contributed by atoms with Crippen LogP contribution in [-0.4, -0.2) is 16.8 Å². The van der Waals surface area contributed by atoms with Gasteiger partial charge in [0.2, 0.25) is 11.8 Å². The Kier molecular flexibility index (Phi) is 3.36. The number of halogens is 1. The predicted molar refractivity (Wildman–Crippen MR) is 78.2 cm³/mol. The van der Waals surface area contributed by atoms with E-state index in [2.05, 4.69) is 20.9 Å². The first-order chi connectivity index (χ1) is 9.66. The highest BCUT2D eigenvalue weighted by Gasteiger charge is 2.40. The smallest absolute Gasteiger partial charge is 0.243 e. The Morgan fingerprint density at radius 1 is 1.05 bits per heavy atom. The van der Waals surface area contributed by atoms with Crippen molar-refractivity contribution in [2.75, 3.05) is 4.90 Å². The van der Waals surface area contributed by atoms with E-state index in [1.54, 1.807) is 18.2 Å². The van der Waals surface area contributed by atoms with E-state index in [1.807, 2.05) is 30.3 Å². The van der Waals surface area contributed by atoms with Gasteiger partial charge in [0.05, 0.1) is 5.92 Å². The molecule has 0 saturated carbocycles. The van der Waals surface area contributed by atoms with E-state index < -0.39 is 5.92 Å². The molecule has 1 unspecified atom stereocenters. The van der Waals surface area contributed by atoms with Gasteiger partial charge >= 0.3 is 0 Å². The molecule has 1 aliphatic heterocycles. The van der Waals surface area contributed by atoms with Gasteiger partial charge in [-0.25, -0.2) is 9.88 Å². The quantitative estimate of drug-likeness (QED) is 0.628. The molecule has 0 spiro atoms. The second kappa shape index (κ2) is 5.17. The molecule has 0 radical (unpaired) electrons. The molecule has 3 rings (SSSR count). The van der Waals surface area contributed by atoms with Crippen molar-refractivity contribution in [2.24, 2.45) is 0 Å². The van der Waals surface area contributed by atoms with Crippen molar-refractivity contribution in [2.45, 2.75) is 12.3 Å². The average Bonchev–Trinajstić information content (AvgIpc) is 2.75. The van der Waals surface area contributed by atoms with Gasteiger partial charge in [-0.15, -0.1) is 0 Å². The molecule has 20 heavy (non-hydrogen) atoms. The van der Waals surface area contributed by atoms with E-state index in [-0.39, 0.29) is 18.2 Å². The number of imide groups is 1. The van der Waals surface area contributed by atoms with Crippen molar-refractivity contribution in [3.8, 4) is 0 Å². The largest absolute Gasteiger partial charge is 0.274 e. The van der Waals surface area contributed by atoms with Gasteiger partial charge in [0.15, 0.2) is 0 Å². The van der Waals surface area contributed by atoms with E-state index in [0.29, 0.717) is 10.4 Å². The van der Waals surface area contributed by atoms with Crippen molar-refractivity contribution in [3.63, 3.8) is 0 Å². The minimum atomic E-state index is -0.413. The zero-order valence-corrected chi connectivity index (χ0v) is 12.1. The van der Waals surface area contributed by atoms with Crippen molar-refractivity contribution in [3.05, 3.63) is 58.7 Å². The fraction of sp³-hybridized carbons (Fsp3) is 0.133. The van der Waals surface area contributed by atoms with Crippen LogP contribution in [0.15, 0.2) is 53.1 Å². The molecule has 1 aromatic heterocycles. The zero-order chi connectivity index (χ0) is 14.1. The number of carbonyl (C=O) groups excluding carboxylic acids is 2. The van der Waals surface area contributed by atoms with Crippen LogP contribution in [0.3, 0.4) is 0 Å². The number of pyridine rings is 1. The van der Waals surface area contributed by atoms with Gasteiger partial charge in [-0.1, -0.05) is 36.4 Å². The molecule has 2 aromatic rings. The van der Waals surface area contributed by atoms with Gasteiger partial charge in [-0.3, -0.25) is 9.59 Å². The first-order valence-electron chi connectivity index (χ1n) is 6.21. The van der Waals surface area contributed by atoms with Crippen LogP contribution in [0.2, 0.25) is 0 Å². The molecule has 0 bridgehead atoms.